The normalized spacial score (nSPS) is 15.5. The number of halogens is 3. The molecule has 0 atom stereocenters. The molecule has 7 nitrogen and oxygen atoms in total. The van der Waals surface area contributed by atoms with E-state index in [2.05, 4.69) is 20.6 Å². The zero-order valence-electron chi connectivity index (χ0n) is 19.9. The fourth-order valence-electron chi connectivity index (χ4n) is 4.59. The van der Waals surface area contributed by atoms with Crippen LogP contribution in [-0.2, 0) is 12.7 Å². The Hall–Kier alpha value is -3.11. The minimum Gasteiger partial charge on any atom is -0.496 e. The van der Waals surface area contributed by atoms with Gasteiger partial charge in [0.05, 0.1) is 13.2 Å². The Labute approximate surface area is 202 Å². The number of hydrogen-bond acceptors (Lipinski definition) is 5. The maximum atomic E-state index is 13.5. The summed E-state index contributed by atoms with van der Waals surface area (Å²) in [5.74, 6) is 0.00280. The summed E-state index contributed by atoms with van der Waals surface area (Å²) in [7, 11) is 3.43. The Morgan fingerprint density at radius 2 is 1.91 bits per heavy atom. The van der Waals surface area contributed by atoms with Crippen molar-refractivity contribution in [2.45, 2.75) is 31.6 Å². The van der Waals surface area contributed by atoms with Gasteiger partial charge in [-0.3, -0.25) is 9.48 Å². The fraction of sp³-hybridized carbons (Fsp3) is 0.440. The number of alkyl halides is 3. The predicted molar refractivity (Wildman–Crippen MR) is 128 cm³/mol. The van der Waals surface area contributed by atoms with Crippen molar-refractivity contribution >= 4 is 16.7 Å². The van der Waals surface area contributed by atoms with E-state index in [1.165, 1.54) is 4.68 Å². The molecule has 0 aliphatic carbocycles. The summed E-state index contributed by atoms with van der Waals surface area (Å²) in [5.41, 5.74) is -0.368. The molecule has 2 aromatic carbocycles. The topological polar surface area (TPSA) is 71.4 Å². The number of rotatable bonds is 8. The molecule has 0 saturated carbocycles. The van der Waals surface area contributed by atoms with Crippen LogP contribution in [0.4, 0.5) is 13.2 Å². The van der Waals surface area contributed by atoms with Crippen molar-refractivity contribution in [3.63, 3.8) is 0 Å². The largest absolute Gasteiger partial charge is 0.496 e. The standard InChI is InChI=1S/C25H30F3N5O2/c1-29-11-14-32-12-9-18(10-13-32)33-21(15-23(31-33)25(26,27)28)24(34)30-16-20-19-6-4-3-5-17(19)7-8-22(20)35-2/h3-8,15,18,29H,9-14,16H2,1-2H3,(H,30,34). The van der Waals surface area contributed by atoms with E-state index in [0.29, 0.717) is 18.6 Å². The number of hydrogen-bond donors (Lipinski definition) is 2. The van der Waals surface area contributed by atoms with Gasteiger partial charge in [-0.15, -0.1) is 0 Å². The molecular formula is C25H30F3N5O2. The van der Waals surface area contributed by atoms with E-state index in [9.17, 15) is 18.0 Å². The first kappa shape index (κ1) is 25.0. The number of benzene rings is 2. The highest BCUT2D eigenvalue weighted by Crippen LogP contribution is 2.32. The lowest BCUT2D eigenvalue weighted by Gasteiger charge is -2.32. The Morgan fingerprint density at radius 1 is 1.17 bits per heavy atom. The number of fused-ring (bicyclic) bond motifs is 1. The van der Waals surface area contributed by atoms with Gasteiger partial charge >= 0.3 is 6.18 Å². The van der Waals surface area contributed by atoms with Crippen molar-refractivity contribution in [1.82, 2.24) is 25.3 Å². The minimum absolute atomic E-state index is 0.0785. The second-order valence-corrected chi connectivity index (χ2v) is 8.68. The summed E-state index contributed by atoms with van der Waals surface area (Å²) in [5, 5.41) is 11.6. The molecule has 0 bridgehead atoms. The smallest absolute Gasteiger partial charge is 0.435 e. The Morgan fingerprint density at radius 3 is 2.60 bits per heavy atom. The first-order valence-corrected chi connectivity index (χ1v) is 11.7. The van der Waals surface area contributed by atoms with Crippen molar-refractivity contribution in [3.8, 4) is 5.75 Å². The number of methoxy groups -OCH3 is 1. The number of ether oxygens (including phenoxy) is 1. The molecule has 1 fully saturated rings. The average Bonchev–Trinajstić information content (AvgIpc) is 3.32. The van der Waals surface area contributed by atoms with E-state index in [4.69, 9.17) is 4.74 Å². The number of piperidine rings is 1. The van der Waals surface area contributed by atoms with Gasteiger partial charge in [0.15, 0.2) is 5.69 Å². The van der Waals surface area contributed by atoms with E-state index in [1.54, 1.807) is 7.11 Å². The molecule has 0 radical (unpaired) electrons. The highest BCUT2D eigenvalue weighted by molar-refractivity contribution is 5.93. The highest BCUT2D eigenvalue weighted by atomic mass is 19.4. The molecule has 0 spiro atoms. The number of nitrogens with one attached hydrogen (secondary N) is 2. The van der Waals surface area contributed by atoms with Crippen LogP contribution in [0.25, 0.3) is 10.8 Å². The first-order chi connectivity index (χ1) is 16.8. The lowest BCUT2D eigenvalue weighted by atomic mass is 10.0. The van der Waals surface area contributed by atoms with Crippen LogP contribution in [0.15, 0.2) is 42.5 Å². The van der Waals surface area contributed by atoms with Gasteiger partial charge in [0.1, 0.15) is 11.4 Å². The molecule has 1 aromatic heterocycles. The van der Waals surface area contributed by atoms with Gasteiger partial charge in [0, 0.05) is 44.4 Å². The highest BCUT2D eigenvalue weighted by Gasteiger charge is 2.37. The summed E-state index contributed by atoms with van der Waals surface area (Å²) in [4.78, 5) is 15.4. The molecule has 35 heavy (non-hydrogen) atoms. The number of likely N-dealkylation sites (N-methyl/N-ethyl adjacent to an activating group) is 1. The van der Waals surface area contributed by atoms with Crippen LogP contribution in [0.3, 0.4) is 0 Å². The van der Waals surface area contributed by atoms with Gasteiger partial charge in [0.2, 0.25) is 0 Å². The van der Waals surface area contributed by atoms with E-state index in [1.807, 2.05) is 43.4 Å². The van der Waals surface area contributed by atoms with E-state index >= 15 is 0 Å². The minimum atomic E-state index is -4.63. The van der Waals surface area contributed by atoms with Crippen LogP contribution in [0.5, 0.6) is 5.75 Å². The number of aromatic nitrogens is 2. The Kier molecular flexibility index (Phi) is 7.61. The third-order valence-corrected chi connectivity index (χ3v) is 6.48. The lowest BCUT2D eigenvalue weighted by molar-refractivity contribution is -0.141. The molecule has 0 unspecified atom stereocenters. The van der Waals surface area contributed by atoms with Crippen molar-refractivity contribution in [3.05, 3.63) is 59.4 Å². The first-order valence-electron chi connectivity index (χ1n) is 11.7. The molecule has 1 aliphatic rings. The van der Waals surface area contributed by atoms with Crippen LogP contribution >= 0.6 is 0 Å². The van der Waals surface area contributed by atoms with Crippen LogP contribution in [-0.4, -0.2) is 60.9 Å². The molecule has 10 heteroatoms. The molecular weight excluding hydrogens is 459 g/mol. The summed E-state index contributed by atoms with van der Waals surface area (Å²) < 4.78 is 47.2. The maximum absolute atomic E-state index is 13.5. The fourth-order valence-corrected chi connectivity index (χ4v) is 4.59. The van der Waals surface area contributed by atoms with Crippen molar-refractivity contribution in [2.75, 3.05) is 40.3 Å². The lowest BCUT2D eigenvalue weighted by Crippen LogP contribution is -2.39. The van der Waals surface area contributed by atoms with Crippen LogP contribution in [0, 0.1) is 0 Å². The van der Waals surface area contributed by atoms with Gasteiger partial charge in [-0.1, -0.05) is 30.3 Å². The Bertz CT molecular complexity index is 1170. The second-order valence-electron chi connectivity index (χ2n) is 8.68. The molecule has 4 rings (SSSR count). The average molecular weight is 490 g/mol. The van der Waals surface area contributed by atoms with Crippen LogP contribution in [0.2, 0.25) is 0 Å². The molecule has 188 valence electrons. The molecule has 2 heterocycles. The third kappa shape index (κ3) is 5.59. The van der Waals surface area contributed by atoms with Crippen molar-refractivity contribution in [2.24, 2.45) is 0 Å². The van der Waals surface area contributed by atoms with E-state index < -0.39 is 17.8 Å². The molecule has 1 aliphatic heterocycles. The SMILES string of the molecule is CNCCN1CCC(n2nc(C(F)(F)F)cc2C(=O)NCc2c(OC)ccc3ccccc23)CC1. The monoisotopic (exact) mass is 489 g/mol. The van der Waals surface area contributed by atoms with Crippen LogP contribution in [0.1, 0.15) is 40.6 Å². The molecule has 2 N–H and O–H groups in total. The number of carbonyl (C=O) groups is 1. The van der Waals surface area contributed by atoms with Crippen LogP contribution < -0.4 is 15.4 Å². The van der Waals surface area contributed by atoms with Gasteiger partial charge in [0.25, 0.3) is 5.91 Å². The summed E-state index contributed by atoms with van der Waals surface area (Å²) in [6, 6.07) is 12.0. The van der Waals surface area contributed by atoms with Crippen molar-refractivity contribution < 1.29 is 22.7 Å². The number of nitrogens with zero attached hydrogens (tertiary/aromatic N) is 3. The molecule has 1 saturated heterocycles. The number of likely N-dealkylation sites (tertiary alicyclic amines) is 1. The number of amides is 1. The third-order valence-electron chi connectivity index (χ3n) is 6.48. The quantitative estimate of drug-likeness (QED) is 0.503. The summed E-state index contributed by atoms with van der Waals surface area (Å²) in [6.45, 7) is 3.30. The van der Waals surface area contributed by atoms with Gasteiger partial charge in [-0.05, 0) is 36.7 Å². The summed E-state index contributed by atoms with van der Waals surface area (Å²) in [6.07, 6.45) is -3.38. The van der Waals surface area contributed by atoms with Gasteiger partial charge < -0.3 is 20.3 Å². The van der Waals surface area contributed by atoms with Crippen molar-refractivity contribution in [1.29, 1.82) is 0 Å². The molecule has 3 aromatic rings. The Balaban J connectivity index is 1.56. The van der Waals surface area contributed by atoms with Gasteiger partial charge in [-0.2, -0.15) is 18.3 Å². The number of carbonyl (C=O) groups excluding carboxylic acids is 1. The maximum Gasteiger partial charge on any atom is 0.435 e. The summed E-state index contributed by atoms with van der Waals surface area (Å²) >= 11 is 0. The van der Waals surface area contributed by atoms with E-state index in [-0.39, 0.29) is 18.3 Å². The van der Waals surface area contributed by atoms with Gasteiger partial charge in [-0.25, -0.2) is 0 Å². The zero-order valence-corrected chi connectivity index (χ0v) is 19.9. The predicted octanol–water partition coefficient (Wildman–Crippen LogP) is 3.85. The van der Waals surface area contributed by atoms with E-state index in [0.717, 1.165) is 48.6 Å². The second kappa shape index (κ2) is 10.7. The molecule has 1 amide bonds. The zero-order chi connectivity index (χ0) is 25.0.